The molecule has 0 fully saturated rings. The second kappa shape index (κ2) is 8.30. The number of hydrogen-bond acceptors (Lipinski definition) is 4. The van der Waals surface area contributed by atoms with Crippen molar-refractivity contribution in [3.8, 4) is 11.5 Å². The standard InChI is InChI=1S/C23H13Cl2FO4/c24-15-4-1-14(19(25)10-15)9-22-23(28)18-8-7-17(11-21(18)30-22)29-12-20(27)13-2-5-16(26)6-3-13/h1-11H,12H2/b22-9-. The number of ketones is 2. The molecule has 0 aromatic heterocycles. The second-order valence-electron chi connectivity index (χ2n) is 6.48. The third-order valence-corrected chi connectivity index (χ3v) is 4.99. The number of ether oxygens (including phenoxy) is 2. The molecule has 4 nitrogen and oxygen atoms in total. The molecular weight excluding hydrogens is 430 g/mol. The minimum Gasteiger partial charge on any atom is -0.485 e. The summed E-state index contributed by atoms with van der Waals surface area (Å²) in [7, 11) is 0. The average Bonchev–Trinajstić information content (AvgIpc) is 3.03. The maximum atomic E-state index is 13.0. The number of hydrogen-bond donors (Lipinski definition) is 0. The van der Waals surface area contributed by atoms with Crippen molar-refractivity contribution in [2.24, 2.45) is 0 Å². The van der Waals surface area contributed by atoms with Gasteiger partial charge < -0.3 is 9.47 Å². The van der Waals surface area contributed by atoms with E-state index in [1.807, 2.05) is 0 Å². The summed E-state index contributed by atoms with van der Waals surface area (Å²) in [5.74, 6) is -0.202. The number of allylic oxidation sites excluding steroid dienone is 1. The van der Waals surface area contributed by atoms with Gasteiger partial charge in [-0.2, -0.15) is 0 Å². The van der Waals surface area contributed by atoms with Crippen LogP contribution >= 0.6 is 23.2 Å². The molecule has 1 aliphatic heterocycles. The largest absolute Gasteiger partial charge is 0.485 e. The van der Waals surface area contributed by atoms with Crippen molar-refractivity contribution in [2.75, 3.05) is 6.61 Å². The molecule has 0 atom stereocenters. The first-order valence-corrected chi connectivity index (χ1v) is 9.61. The molecule has 3 aromatic carbocycles. The van der Waals surface area contributed by atoms with Crippen molar-refractivity contribution in [3.63, 3.8) is 0 Å². The first kappa shape index (κ1) is 20.1. The number of rotatable bonds is 5. The number of benzene rings is 3. The Morgan fingerprint density at radius 2 is 1.80 bits per heavy atom. The normalized spacial score (nSPS) is 13.8. The SMILES string of the molecule is O=C(COc1ccc2c(c1)O/C(=C\c1ccc(Cl)cc1Cl)C2=O)c1ccc(F)cc1. The summed E-state index contributed by atoms with van der Waals surface area (Å²) in [6.45, 7) is -0.235. The van der Waals surface area contributed by atoms with Crippen molar-refractivity contribution in [1.82, 2.24) is 0 Å². The summed E-state index contributed by atoms with van der Waals surface area (Å²) in [6, 6.07) is 14.8. The molecule has 0 aliphatic carbocycles. The Balaban J connectivity index is 1.48. The highest BCUT2D eigenvalue weighted by molar-refractivity contribution is 6.35. The van der Waals surface area contributed by atoms with E-state index in [1.54, 1.807) is 36.4 Å². The van der Waals surface area contributed by atoms with Crippen molar-refractivity contribution in [3.05, 3.63) is 99.0 Å². The Morgan fingerprint density at radius 1 is 1.03 bits per heavy atom. The predicted octanol–water partition coefficient (Wildman–Crippen LogP) is 6.01. The number of carbonyl (C=O) groups excluding carboxylic acids is 2. The van der Waals surface area contributed by atoms with Crippen LogP contribution in [-0.4, -0.2) is 18.2 Å². The van der Waals surface area contributed by atoms with Gasteiger partial charge in [0.2, 0.25) is 5.78 Å². The van der Waals surface area contributed by atoms with E-state index >= 15 is 0 Å². The second-order valence-corrected chi connectivity index (χ2v) is 7.33. The molecule has 3 aromatic rings. The molecule has 0 spiro atoms. The molecule has 0 radical (unpaired) electrons. The van der Waals surface area contributed by atoms with Crippen LogP contribution in [0.2, 0.25) is 10.0 Å². The van der Waals surface area contributed by atoms with Crippen molar-refractivity contribution in [2.45, 2.75) is 0 Å². The van der Waals surface area contributed by atoms with Gasteiger partial charge in [0.05, 0.1) is 5.56 Å². The Hall–Kier alpha value is -3.15. The van der Waals surface area contributed by atoms with Crippen LogP contribution in [0.15, 0.2) is 66.4 Å². The van der Waals surface area contributed by atoms with Gasteiger partial charge in [0.15, 0.2) is 18.1 Å². The highest BCUT2D eigenvalue weighted by atomic mass is 35.5. The van der Waals surface area contributed by atoms with E-state index in [2.05, 4.69) is 0 Å². The fraction of sp³-hybridized carbons (Fsp3) is 0.0435. The highest BCUT2D eigenvalue weighted by Crippen LogP contribution is 2.35. The monoisotopic (exact) mass is 442 g/mol. The quantitative estimate of drug-likeness (QED) is 0.358. The van der Waals surface area contributed by atoms with Gasteiger partial charge in [-0.3, -0.25) is 9.59 Å². The zero-order valence-corrected chi connectivity index (χ0v) is 16.8. The fourth-order valence-electron chi connectivity index (χ4n) is 2.88. The Kier molecular flexibility index (Phi) is 5.57. The summed E-state index contributed by atoms with van der Waals surface area (Å²) in [4.78, 5) is 24.7. The first-order valence-electron chi connectivity index (χ1n) is 8.85. The average molecular weight is 443 g/mol. The summed E-state index contributed by atoms with van der Waals surface area (Å²) in [5.41, 5.74) is 1.32. The third kappa shape index (κ3) is 4.22. The maximum absolute atomic E-state index is 13.0. The molecule has 0 bridgehead atoms. The molecule has 0 saturated heterocycles. The smallest absolute Gasteiger partial charge is 0.231 e. The Morgan fingerprint density at radius 3 is 2.53 bits per heavy atom. The van der Waals surface area contributed by atoms with Crippen LogP contribution in [-0.2, 0) is 0 Å². The molecule has 7 heteroatoms. The molecule has 1 aliphatic rings. The van der Waals surface area contributed by atoms with Gasteiger partial charge in [0.1, 0.15) is 17.3 Å². The van der Waals surface area contributed by atoms with E-state index in [1.165, 1.54) is 30.3 Å². The van der Waals surface area contributed by atoms with Crippen LogP contribution in [0.1, 0.15) is 26.3 Å². The Labute approximate surface area is 181 Å². The number of Topliss-reactive ketones (excluding diaryl/α,β-unsaturated/α-hetero) is 2. The van der Waals surface area contributed by atoms with E-state index in [9.17, 15) is 14.0 Å². The highest BCUT2D eigenvalue weighted by Gasteiger charge is 2.28. The molecule has 0 amide bonds. The lowest BCUT2D eigenvalue weighted by Crippen LogP contribution is -2.11. The van der Waals surface area contributed by atoms with E-state index in [0.29, 0.717) is 38.2 Å². The van der Waals surface area contributed by atoms with Gasteiger partial charge in [-0.15, -0.1) is 0 Å². The van der Waals surface area contributed by atoms with Gasteiger partial charge in [0, 0.05) is 21.7 Å². The van der Waals surface area contributed by atoms with Gasteiger partial charge in [0.25, 0.3) is 0 Å². The zero-order valence-electron chi connectivity index (χ0n) is 15.3. The van der Waals surface area contributed by atoms with Crippen molar-refractivity contribution < 1.29 is 23.5 Å². The van der Waals surface area contributed by atoms with Gasteiger partial charge in [-0.1, -0.05) is 29.3 Å². The summed E-state index contributed by atoms with van der Waals surface area (Å²) < 4.78 is 24.1. The lowest BCUT2D eigenvalue weighted by atomic mass is 10.1. The van der Waals surface area contributed by atoms with E-state index in [-0.39, 0.29) is 23.9 Å². The lowest BCUT2D eigenvalue weighted by molar-refractivity contribution is 0.0920. The Bertz CT molecular complexity index is 1190. The van der Waals surface area contributed by atoms with Crippen LogP contribution < -0.4 is 9.47 Å². The van der Waals surface area contributed by atoms with Gasteiger partial charge >= 0.3 is 0 Å². The molecule has 0 N–H and O–H groups in total. The summed E-state index contributed by atoms with van der Waals surface area (Å²) in [5, 5.41) is 0.881. The van der Waals surface area contributed by atoms with Gasteiger partial charge in [-0.05, 0) is 60.2 Å². The van der Waals surface area contributed by atoms with Crippen molar-refractivity contribution in [1.29, 1.82) is 0 Å². The third-order valence-electron chi connectivity index (χ3n) is 4.43. The summed E-state index contributed by atoms with van der Waals surface area (Å²) >= 11 is 12.0. The fourth-order valence-corrected chi connectivity index (χ4v) is 3.35. The number of fused-ring (bicyclic) bond motifs is 1. The molecule has 150 valence electrons. The zero-order chi connectivity index (χ0) is 21.3. The van der Waals surface area contributed by atoms with Gasteiger partial charge in [-0.25, -0.2) is 4.39 Å². The number of halogens is 3. The van der Waals surface area contributed by atoms with Crippen LogP contribution in [0.5, 0.6) is 11.5 Å². The molecular formula is C23H13Cl2FO4. The molecule has 1 heterocycles. The topological polar surface area (TPSA) is 52.6 Å². The minimum atomic E-state index is -0.420. The van der Waals surface area contributed by atoms with Crippen molar-refractivity contribution >= 4 is 40.8 Å². The summed E-state index contributed by atoms with van der Waals surface area (Å²) in [6.07, 6.45) is 1.54. The minimum absolute atomic E-state index is 0.119. The lowest BCUT2D eigenvalue weighted by Gasteiger charge is -2.07. The first-order chi connectivity index (χ1) is 14.4. The molecule has 0 unspecified atom stereocenters. The molecule has 30 heavy (non-hydrogen) atoms. The van der Waals surface area contributed by atoms with Crippen LogP contribution in [0.25, 0.3) is 6.08 Å². The van der Waals surface area contributed by atoms with E-state index in [4.69, 9.17) is 32.7 Å². The molecule has 0 saturated carbocycles. The number of carbonyl (C=O) groups is 2. The van der Waals surface area contributed by atoms with Crippen LogP contribution in [0.3, 0.4) is 0 Å². The van der Waals surface area contributed by atoms with E-state index < -0.39 is 5.82 Å². The predicted molar refractivity (Wildman–Crippen MR) is 112 cm³/mol. The molecule has 4 rings (SSSR count). The van der Waals surface area contributed by atoms with E-state index in [0.717, 1.165) is 0 Å². The van der Waals surface area contributed by atoms with Crippen LogP contribution in [0.4, 0.5) is 4.39 Å². The maximum Gasteiger partial charge on any atom is 0.231 e. The van der Waals surface area contributed by atoms with Crippen LogP contribution in [0, 0.1) is 5.82 Å².